The molecule has 3 rings (SSSR count). The van der Waals surface area contributed by atoms with Gasteiger partial charge in [0.2, 0.25) is 0 Å². The van der Waals surface area contributed by atoms with Crippen molar-refractivity contribution in [3.8, 4) is 0 Å². The van der Waals surface area contributed by atoms with Gasteiger partial charge in [0.25, 0.3) is 0 Å². The van der Waals surface area contributed by atoms with Crippen molar-refractivity contribution in [2.24, 2.45) is 11.8 Å². The lowest BCUT2D eigenvalue weighted by molar-refractivity contribution is -0.148. The Balaban J connectivity index is 1.24. The van der Waals surface area contributed by atoms with Crippen molar-refractivity contribution in [3.63, 3.8) is 0 Å². The van der Waals surface area contributed by atoms with Crippen LogP contribution in [0, 0.1) is 11.8 Å². The second-order valence-corrected chi connectivity index (χ2v) is 8.83. The highest BCUT2D eigenvalue weighted by atomic mass is 16.8. The smallest absolute Gasteiger partial charge is 0.404 e. The van der Waals surface area contributed by atoms with Gasteiger partial charge in [-0.1, -0.05) is 12.8 Å². The minimum absolute atomic E-state index is 0.174. The van der Waals surface area contributed by atoms with Crippen molar-refractivity contribution < 1.29 is 14.8 Å². The van der Waals surface area contributed by atoms with Crippen molar-refractivity contribution in [1.29, 1.82) is 0 Å². The van der Waals surface area contributed by atoms with E-state index in [4.69, 9.17) is 10.0 Å². The Morgan fingerprint density at radius 3 is 1.96 bits per heavy atom. The van der Waals surface area contributed by atoms with Crippen LogP contribution in [-0.2, 0) is 4.94 Å². The Labute approximate surface area is 163 Å². The molecule has 7 nitrogen and oxygen atoms in total. The molecule has 1 amide bonds. The molecule has 7 heteroatoms. The van der Waals surface area contributed by atoms with Gasteiger partial charge in [0.05, 0.1) is 0 Å². The average molecular weight is 383 g/mol. The molecule has 156 valence electrons. The standard InChI is InChI=1S/C20H38N4O3/c25-20(26)21-18-9-5-16(6-10-18)15-17-7-11-19(12-8-17)22-27-23-24-13-3-1-2-4-14-24/h16-19,21-23H,1-15H2,(H,25,26). The van der Waals surface area contributed by atoms with Crippen LogP contribution in [0.2, 0.25) is 0 Å². The molecule has 0 unspecified atom stereocenters. The summed E-state index contributed by atoms with van der Waals surface area (Å²) in [5, 5.41) is 13.7. The summed E-state index contributed by atoms with van der Waals surface area (Å²) >= 11 is 0. The van der Waals surface area contributed by atoms with E-state index in [-0.39, 0.29) is 6.04 Å². The van der Waals surface area contributed by atoms with Gasteiger partial charge in [0, 0.05) is 25.2 Å². The normalized spacial score (nSPS) is 33.3. The fraction of sp³-hybridized carbons (Fsp3) is 0.950. The van der Waals surface area contributed by atoms with Gasteiger partial charge < -0.3 is 10.4 Å². The Morgan fingerprint density at radius 1 is 0.852 bits per heavy atom. The SMILES string of the molecule is O=C(O)NC1CCC(CC2CCC(NONN3CCCCCC3)CC2)CC1. The summed E-state index contributed by atoms with van der Waals surface area (Å²) in [5.41, 5.74) is 6.30. The third-order valence-corrected chi connectivity index (χ3v) is 6.69. The second-order valence-electron chi connectivity index (χ2n) is 8.83. The fourth-order valence-corrected chi connectivity index (χ4v) is 5.04. The van der Waals surface area contributed by atoms with Crippen LogP contribution in [0.25, 0.3) is 0 Å². The third-order valence-electron chi connectivity index (χ3n) is 6.69. The zero-order chi connectivity index (χ0) is 18.9. The Morgan fingerprint density at radius 2 is 1.41 bits per heavy atom. The maximum atomic E-state index is 10.7. The molecule has 0 spiro atoms. The van der Waals surface area contributed by atoms with Crippen molar-refractivity contribution in [3.05, 3.63) is 0 Å². The molecule has 0 aromatic heterocycles. The number of nitrogens with one attached hydrogen (secondary N) is 3. The van der Waals surface area contributed by atoms with Gasteiger partial charge in [-0.3, -0.25) is 0 Å². The Hall–Kier alpha value is -0.890. The van der Waals surface area contributed by atoms with E-state index in [9.17, 15) is 4.79 Å². The van der Waals surface area contributed by atoms with E-state index in [1.807, 2.05) is 0 Å². The molecule has 0 aromatic carbocycles. The number of rotatable bonds is 7. The van der Waals surface area contributed by atoms with Crippen molar-refractivity contribution in [1.82, 2.24) is 21.4 Å². The molecule has 1 aliphatic heterocycles. The van der Waals surface area contributed by atoms with E-state index < -0.39 is 6.09 Å². The highest BCUT2D eigenvalue weighted by Gasteiger charge is 2.27. The first-order valence-corrected chi connectivity index (χ1v) is 11.1. The van der Waals surface area contributed by atoms with Crippen LogP contribution in [0.4, 0.5) is 4.79 Å². The van der Waals surface area contributed by atoms with Crippen LogP contribution >= 0.6 is 0 Å². The molecule has 4 N–H and O–H groups in total. The van der Waals surface area contributed by atoms with Gasteiger partial charge in [-0.05, 0) is 82.5 Å². The van der Waals surface area contributed by atoms with E-state index in [0.29, 0.717) is 6.04 Å². The van der Waals surface area contributed by atoms with Gasteiger partial charge in [0.1, 0.15) is 0 Å². The maximum Gasteiger partial charge on any atom is 0.404 e. The summed E-state index contributed by atoms with van der Waals surface area (Å²) in [6, 6.07) is 0.628. The largest absolute Gasteiger partial charge is 0.465 e. The van der Waals surface area contributed by atoms with Crippen LogP contribution in [0.1, 0.15) is 83.5 Å². The van der Waals surface area contributed by atoms with Crippen LogP contribution in [0.5, 0.6) is 0 Å². The minimum atomic E-state index is -0.878. The van der Waals surface area contributed by atoms with E-state index in [1.54, 1.807) is 0 Å². The lowest BCUT2D eigenvalue weighted by Gasteiger charge is -2.34. The second kappa shape index (κ2) is 11.2. The predicted octanol–water partition coefficient (Wildman–Crippen LogP) is 3.58. The lowest BCUT2D eigenvalue weighted by atomic mass is 9.76. The van der Waals surface area contributed by atoms with E-state index in [1.165, 1.54) is 70.6 Å². The summed E-state index contributed by atoms with van der Waals surface area (Å²) in [4.78, 5) is 16.3. The molecule has 3 fully saturated rings. The number of hydrogen-bond acceptors (Lipinski definition) is 5. The van der Waals surface area contributed by atoms with Gasteiger partial charge in [-0.15, -0.1) is 5.59 Å². The molecule has 1 saturated heterocycles. The average Bonchev–Trinajstić information content (AvgIpc) is 2.93. The summed E-state index contributed by atoms with van der Waals surface area (Å²) in [5.74, 6) is 1.61. The van der Waals surface area contributed by atoms with E-state index in [2.05, 4.69) is 21.4 Å². The highest BCUT2D eigenvalue weighted by Crippen LogP contribution is 2.35. The molecular weight excluding hydrogens is 344 g/mol. The van der Waals surface area contributed by atoms with Crippen LogP contribution in [0.15, 0.2) is 0 Å². The molecule has 2 saturated carbocycles. The Bertz CT molecular complexity index is 427. The van der Waals surface area contributed by atoms with Crippen LogP contribution in [0.3, 0.4) is 0 Å². The maximum absolute atomic E-state index is 10.7. The first-order chi connectivity index (χ1) is 13.2. The molecule has 0 aromatic rings. The zero-order valence-corrected chi connectivity index (χ0v) is 16.6. The van der Waals surface area contributed by atoms with Crippen molar-refractivity contribution in [2.75, 3.05) is 13.1 Å². The molecular formula is C20H38N4O3. The van der Waals surface area contributed by atoms with E-state index in [0.717, 1.165) is 37.8 Å². The number of hydrogen-bond donors (Lipinski definition) is 4. The number of amides is 1. The van der Waals surface area contributed by atoms with Crippen molar-refractivity contribution >= 4 is 6.09 Å². The van der Waals surface area contributed by atoms with Gasteiger partial charge in [0.15, 0.2) is 0 Å². The monoisotopic (exact) mass is 382 g/mol. The predicted molar refractivity (Wildman–Crippen MR) is 105 cm³/mol. The van der Waals surface area contributed by atoms with Gasteiger partial charge in [-0.2, -0.15) is 10.4 Å². The molecule has 3 aliphatic rings. The molecule has 1 heterocycles. The van der Waals surface area contributed by atoms with Crippen LogP contribution in [-0.4, -0.2) is 41.4 Å². The number of carboxylic acid groups (broad SMARTS) is 1. The molecule has 0 atom stereocenters. The number of hydrazine groups is 1. The zero-order valence-electron chi connectivity index (χ0n) is 16.6. The molecule has 27 heavy (non-hydrogen) atoms. The fourth-order valence-electron chi connectivity index (χ4n) is 5.04. The quantitative estimate of drug-likeness (QED) is 0.504. The number of nitrogens with zero attached hydrogens (tertiary/aromatic N) is 1. The number of hydroxylamine groups is 1. The first kappa shape index (κ1) is 20.8. The minimum Gasteiger partial charge on any atom is -0.465 e. The summed E-state index contributed by atoms with van der Waals surface area (Å²) in [6.07, 6.45) is 14.9. The van der Waals surface area contributed by atoms with Crippen LogP contribution < -0.4 is 16.4 Å². The van der Waals surface area contributed by atoms with Gasteiger partial charge in [-0.25, -0.2) is 9.80 Å². The summed E-state index contributed by atoms with van der Waals surface area (Å²) < 4.78 is 0. The topological polar surface area (TPSA) is 85.9 Å². The van der Waals surface area contributed by atoms with Crippen molar-refractivity contribution in [2.45, 2.75) is 95.6 Å². The van der Waals surface area contributed by atoms with Gasteiger partial charge >= 0.3 is 6.09 Å². The highest BCUT2D eigenvalue weighted by molar-refractivity contribution is 5.64. The number of carbonyl (C=O) groups is 1. The Kier molecular flexibility index (Phi) is 8.64. The first-order valence-electron chi connectivity index (χ1n) is 11.1. The molecule has 0 bridgehead atoms. The molecule has 0 radical (unpaired) electrons. The lowest BCUT2D eigenvalue weighted by Crippen LogP contribution is -2.45. The summed E-state index contributed by atoms with van der Waals surface area (Å²) in [7, 11) is 0. The molecule has 2 aliphatic carbocycles. The third kappa shape index (κ3) is 7.56. The summed E-state index contributed by atoms with van der Waals surface area (Å²) in [6.45, 7) is 2.14. The van der Waals surface area contributed by atoms with E-state index >= 15 is 0 Å².